The van der Waals surface area contributed by atoms with Gasteiger partial charge in [-0.1, -0.05) is 141 Å². The van der Waals surface area contributed by atoms with Crippen molar-refractivity contribution >= 4 is 50.3 Å². The summed E-state index contributed by atoms with van der Waals surface area (Å²) in [7, 11) is 4.33. The van der Waals surface area contributed by atoms with Gasteiger partial charge in [-0.3, -0.25) is 0 Å². The van der Waals surface area contributed by atoms with Gasteiger partial charge >= 0.3 is 0 Å². The molecule has 0 aliphatic carbocycles. The van der Waals surface area contributed by atoms with E-state index in [1.807, 2.05) is 0 Å². The van der Waals surface area contributed by atoms with E-state index in [2.05, 4.69) is 158 Å². The second-order valence-electron chi connectivity index (χ2n) is 12.4. The maximum atomic E-state index is 2.42. The summed E-state index contributed by atoms with van der Waals surface area (Å²) >= 11 is 0. The van der Waals surface area contributed by atoms with E-state index in [4.69, 9.17) is 0 Å². The van der Waals surface area contributed by atoms with Crippen molar-refractivity contribution in [3.8, 4) is 11.1 Å². The Morgan fingerprint density at radius 2 is 0.905 bits per heavy atom. The highest BCUT2D eigenvalue weighted by molar-refractivity contribution is 6.97. The zero-order chi connectivity index (χ0) is 29.7. The van der Waals surface area contributed by atoms with Crippen LogP contribution in [-0.4, -0.2) is 20.8 Å². The fourth-order valence-corrected chi connectivity index (χ4v) is 7.45. The molecule has 0 atom stereocenters. The molecule has 0 aromatic heterocycles. The van der Waals surface area contributed by atoms with Crippen LogP contribution in [0.5, 0.6) is 0 Å². The van der Waals surface area contributed by atoms with Gasteiger partial charge in [0, 0.05) is 25.3 Å². The van der Waals surface area contributed by atoms with Gasteiger partial charge < -0.3 is 4.90 Å². The molecule has 0 amide bonds. The third-order valence-corrected chi connectivity index (χ3v) is 8.96. The minimum atomic E-state index is 0.0831. The second-order valence-corrected chi connectivity index (χ2v) is 12.4. The Balaban J connectivity index is 1.84. The predicted molar refractivity (Wildman–Crippen MR) is 187 cm³/mol. The molecule has 0 saturated heterocycles. The molecule has 1 nitrogen and oxygen atoms in total. The summed E-state index contributed by atoms with van der Waals surface area (Å²) in [6, 6.07) is 36.5. The maximum Gasteiger partial charge on any atom is 0.243 e. The van der Waals surface area contributed by atoms with Crippen LogP contribution in [0.15, 0.2) is 97.1 Å². The lowest BCUT2D eigenvalue weighted by molar-refractivity contribution is 1.14. The Hall–Kier alpha value is -4.30. The minimum absolute atomic E-state index is 0.0831. The standard InChI is InChI=1S/C40H40BN/c1-25-21-27(3)39(28(4)22-25)41(40-29(5)23-26(2)24-30(40)6)35-19-17-31-13-9-11-15-33(31)37(35)38-34-16-12-10-14-32(34)18-20-36(38)42(7)8/h9-24H,1-8H3. The van der Waals surface area contributed by atoms with Crippen molar-refractivity contribution < 1.29 is 0 Å². The minimum Gasteiger partial charge on any atom is -0.377 e. The Bertz CT molecular complexity index is 1880. The van der Waals surface area contributed by atoms with Gasteiger partial charge in [0.2, 0.25) is 6.71 Å². The predicted octanol–water partition coefficient (Wildman–Crippen LogP) is 8.09. The first-order valence-corrected chi connectivity index (χ1v) is 15.0. The Morgan fingerprint density at radius 1 is 0.476 bits per heavy atom. The monoisotopic (exact) mass is 545 g/mol. The molecular formula is C40H40BN. The average Bonchev–Trinajstić information content (AvgIpc) is 2.94. The first kappa shape index (κ1) is 27.9. The van der Waals surface area contributed by atoms with Gasteiger partial charge in [0.15, 0.2) is 0 Å². The van der Waals surface area contributed by atoms with Crippen molar-refractivity contribution in [3.05, 3.63) is 130 Å². The summed E-state index contributed by atoms with van der Waals surface area (Å²) in [5.41, 5.74) is 16.1. The van der Waals surface area contributed by atoms with Crippen molar-refractivity contribution in [2.45, 2.75) is 41.5 Å². The molecule has 0 bridgehead atoms. The van der Waals surface area contributed by atoms with E-state index < -0.39 is 0 Å². The first-order valence-electron chi connectivity index (χ1n) is 15.0. The molecule has 0 heterocycles. The highest BCUT2D eigenvalue weighted by Crippen LogP contribution is 2.40. The van der Waals surface area contributed by atoms with Crippen LogP contribution in [0.25, 0.3) is 32.7 Å². The molecule has 0 N–H and O–H groups in total. The molecule has 0 fully saturated rings. The molecule has 6 aromatic carbocycles. The van der Waals surface area contributed by atoms with Crippen molar-refractivity contribution in [1.82, 2.24) is 0 Å². The van der Waals surface area contributed by atoms with Gasteiger partial charge in [0.05, 0.1) is 0 Å². The van der Waals surface area contributed by atoms with Crippen LogP contribution in [0.1, 0.15) is 33.4 Å². The van der Waals surface area contributed by atoms with Gasteiger partial charge in [-0.25, -0.2) is 0 Å². The number of benzene rings is 6. The van der Waals surface area contributed by atoms with Crippen LogP contribution in [0.3, 0.4) is 0 Å². The number of nitrogens with zero attached hydrogens (tertiary/aromatic N) is 1. The highest BCUT2D eigenvalue weighted by Gasteiger charge is 2.32. The molecule has 6 aromatic rings. The molecule has 0 saturated carbocycles. The highest BCUT2D eigenvalue weighted by atomic mass is 15.1. The largest absolute Gasteiger partial charge is 0.377 e. The average molecular weight is 546 g/mol. The van der Waals surface area contributed by atoms with E-state index in [1.165, 1.54) is 88.1 Å². The molecule has 0 aliphatic heterocycles. The van der Waals surface area contributed by atoms with Crippen LogP contribution in [0, 0.1) is 41.5 Å². The number of anilines is 1. The maximum absolute atomic E-state index is 2.42. The normalized spacial score (nSPS) is 11.3. The van der Waals surface area contributed by atoms with Crippen LogP contribution in [0.2, 0.25) is 0 Å². The summed E-state index contributed by atoms with van der Waals surface area (Å²) < 4.78 is 0. The van der Waals surface area contributed by atoms with Crippen molar-refractivity contribution in [1.29, 1.82) is 0 Å². The molecular weight excluding hydrogens is 505 g/mol. The quantitative estimate of drug-likeness (QED) is 0.198. The molecule has 0 unspecified atom stereocenters. The third kappa shape index (κ3) is 4.70. The van der Waals surface area contributed by atoms with Crippen molar-refractivity contribution in [3.63, 3.8) is 0 Å². The number of fused-ring (bicyclic) bond motifs is 2. The Labute approximate surface area is 251 Å². The summed E-state index contributed by atoms with van der Waals surface area (Å²) in [5.74, 6) is 0. The molecule has 42 heavy (non-hydrogen) atoms. The zero-order valence-corrected chi connectivity index (χ0v) is 26.3. The number of hydrogen-bond donors (Lipinski definition) is 0. The van der Waals surface area contributed by atoms with Gasteiger partial charge in [-0.05, 0) is 74.7 Å². The lowest BCUT2D eigenvalue weighted by Gasteiger charge is -2.29. The summed E-state index contributed by atoms with van der Waals surface area (Å²) in [4.78, 5) is 2.27. The first-order chi connectivity index (χ1) is 20.2. The number of hydrogen-bond acceptors (Lipinski definition) is 1. The van der Waals surface area contributed by atoms with Crippen molar-refractivity contribution in [2.24, 2.45) is 0 Å². The number of rotatable bonds is 5. The SMILES string of the molecule is Cc1cc(C)c(B(c2ccc3ccccc3c2-c2c(N(C)C)ccc3ccccc23)c2c(C)cc(C)cc2C)c(C)c1. The van der Waals surface area contributed by atoms with Gasteiger partial charge in [-0.15, -0.1) is 0 Å². The van der Waals surface area contributed by atoms with Crippen LogP contribution < -0.4 is 21.3 Å². The Morgan fingerprint density at radius 3 is 1.38 bits per heavy atom. The summed E-state index contributed by atoms with van der Waals surface area (Å²) in [6.07, 6.45) is 0. The van der Waals surface area contributed by atoms with E-state index in [1.54, 1.807) is 0 Å². The second kappa shape index (κ2) is 10.8. The van der Waals surface area contributed by atoms with E-state index in [0.717, 1.165) is 0 Å². The smallest absolute Gasteiger partial charge is 0.243 e. The van der Waals surface area contributed by atoms with E-state index >= 15 is 0 Å². The summed E-state index contributed by atoms with van der Waals surface area (Å²) in [5, 5.41) is 5.11. The summed E-state index contributed by atoms with van der Waals surface area (Å²) in [6.45, 7) is 13.7. The fraction of sp³-hybridized carbons (Fsp3) is 0.200. The molecule has 2 heteroatoms. The molecule has 6 rings (SSSR count). The fourth-order valence-electron chi connectivity index (χ4n) is 7.45. The van der Waals surface area contributed by atoms with Gasteiger partial charge in [-0.2, -0.15) is 0 Å². The molecule has 0 spiro atoms. The Kier molecular flexibility index (Phi) is 7.19. The van der Waals surface area contributed by atoms with Crippen LogP contribution >= 0.6 is 0 Å². The lowest BCUT2D eigenvalue weighted by Crippen LogP contribution is -2.56. The number of aryl methyl sites for hydroxylation is 6. The third-order valence-electron chi connectivity index (χ3n) is 8.96. The van der Waals surface area contributed by atoms with Gasteiger partial charge in [0.25, 0.3) is 0 Å². The van der Waals surface area contributed by atoms with Gasteiger partial charge in [0.1, 0.15) is 0 Å². The topological polar surface area (TPSA) is 3.24 Å². The lowest BCUT2D eigenvalue weighted by atomic mass is 9.33. The molecule has 208 valence electrons. The zero-order valence-electron chi connectivity index (χ0n) is 26.3. The van der Waals surface area contributed by atoms with E-state index in [-0.39, 0.29) is 6.71 Å². The van der Waals surface area contributed by atoms with Crippen LogP contribution in [0.4, 0.5) is 5.69 Å². The van der Waals surface area contributed by atoms with Crippen LogP contribution in [-0.2, 0) is 0 Å². The molecule has 0 radical (unpaired) electrons. The van der Waals surface area contributed by atoms with Crippen molar-refractivity contribution in [2.75, 3.05) is 19.0 Å². The molecule has 0 aliphatic rings. The van der Waals surface area contributed by atoms with E-state index in [0.29, 0.717) is 0 Å². The van der Waals surface area contributed by atoms with E-state index in [9.17, 15) is 0 Å².